The number of rotatable bonds is 7. The largest absolute Gasteiger partial charge is 0.396 e. The van der Waals surface area contributed by atoms with Gasteiger partial charge in [-0.3, -0.25) is 4.79 Å². The van der Waals surface area contributed by atoms with E-state index in [-0.39, 0.29) is 23.7 Å². The van der Waals surface area contributed by atoms with Gasteiger partial charge in [0.15, 0.2) is 5.78 Å². The molecule has 0 saturated heterocycles. The van der Waals surface area contributed by atoms with E-state index in [1.165, 1.54) is 19.1 Å². The molecule has 6 heteroatoms. The number of aliphatic hydroxyl groups is 1. The highest BCUT2D eigenvalue weighted by Crippen LogP contribution is 2.30. The first-order valence-corrected chi connectivity index (χ1v) is 10.6. The van der Waals surface area contributed by atoms with Crippen LogP contribution in [0.3, 0.4) is 0 Å². The predicted molar refractivity (Wildman–Crippen MR) is 111 cm³/mol. The standard InChI is InChI=1S/C22H27NO4S/c1-16(25)20(14-15-24)21(17-8-6-5-7-9-17)18-10-12-19(13-11-18)28(26,27)23-22(2,3)4/h5-13,23-24H,14-15H2,1-4H3/b21-20+. The fourth-order valence-corrected chi connectivity index (χ4v) is 4.39. The average Bonchev–Trinajstić information content (AvgIpc) is 2.60. The van der Waals surface area contributed by atoms with Crippen molar-refractivity contribution in [2.45, 2.75) is 44.6 Å². The lowest BCUT2D eigenvalue weighted by atomic mass is 9.90. The molecule has 0 saturated carbocycles. The summed E-state index contributed by atoms with van der Waals surface area (Å²) in [7, 11) is -3.64. The zero-order valence-corrected chi connectivity index (χ0v) is 17.5. The molecule has 0 aliphatic rings. The minimum Gasteiger partial charge on any atom is -0.396 e. The summed E-state index contributed by atoms with van der Waals surface area (Å²) in [5.74, 6) is -0.126. The highest BCUT2D eigenvalue weighted by Gasteiger charge is 2.22. The van der Waals surface area contributed by atoms with Crippen LogP contribution in [-0.4, -0.2) is 31.5 Å². The molecule has 0 unspecified atom stereocenters. The first kappa shape index (κ1) is 22.0. The van der Waals surface area contributed by atoms with Crippen LogP contribution >= 0.6 is 0 Å². The van der Waals surface area contributed by atoms with Gasteiger partial charge >= 0.3 is 0 Å². The molecule has 0 spiro atoms. The molecule has 0 bridgehead atoms. The first-order valence-electron chi connectivity index (χ1n) is 9.10. The fraction of sp³-hybridized carbons (Fsp3) is 0.318. The van der Waals surface area contributed by atoms with Crippen LogP contribution in [-0.2, 0) is 14.8 Å². The maximum atomic E-state index is 12.5. The number of carbonyl (C=O) groups is 1. The van der Waals surface area contributed by atoms with Crippen molar-refractivity contribution in [1.82, 2.24) is 4.72 Å². The van der Waals surface area contributed by atoms with Crippen molar-refractivity contribution in [2.75, 3.05) is 6.61 Å². The Morgan fingerprint density at radius 3 is 1.96 bits per heavy atom. The number of nitrogens with one attached hydrogen (secondary N) is 1. The highest BCUT2D eigenvalue weighted by atomic mass is 32.2. The molecule has 0 fully saturated rings. The zero-order valence-electron chi connectivity index (χ0n) is 16.7. The van der Waals surface area contributed by atoms with Crippen LogP contribution in [0, 0.1) is 0 Å². The molecule has 2 aromatic rings. The van der Waals surface area contributed by atoms with Gasteiger partial charge in [0.2, 0.25) is 10.0 Å². The van der Waals surface area contributed by atoms with Gasteiger partial charge in [-0.25, -0.2) is 13.1 Å². The highest BCUT2D eigenvalue weighted by molar-refractivity contribution is 7.89. The molecular formula is C22H27NO4S. The quantitative estimate of drug-likeness (QED) is 0.695. The van der Waals surface area contributed by atoms with E-state index in [0.29, 0.717) is 11.1 Å². The number of carbonyl (C=O) groups excluding carboxylic acids is 1. The fourth-order valence-electron chi connectivity index (χ4n) is 2.97. The molecule has 0 amide bonds. The van der Waals surface area contributed by atoms with E-state index < -0.39 is 15.6 Å². The summed E-state index contributed by atoms with van der Waals surface area (Å²) in [4.78, 5) is 12.4. The van der Waals surface area contributed by atoms with Crippen LogP contribution in [0.25, 0.3) is 5.57 Å². The Kier molecular flexibility index (Phi) is 6.93. The SMILES string of the molecule is CC(=O)/C(CCO)=C(\c1ccccc1)c1ccc(S(=O)(=O)NC(C)(C)C)cc1. The van der Waals surface area contributed by atoms with Crippen molar-refractivity contribution < 1.29 is 18.3 Å². The van der Waals surface area contributed by atoms with Gasteiger partial charge in [-0.2, -0.15) is 0 Å². The third-order valence-corrected chi connectivity index (χ3v) is 5.82. The summed E-state index contributed by atoms with van der Waals surface area (Å²) in [6, 6.07) is 15.9. The summed E-state index contributed by atoms with van der Waals surface area (Å²) >= 11 is 0. The first-order chi connectivity index (χ1) is 13.0. The minimum atomic E-state index is -3.64. The Morgan fingerprint density at radius 1 is 0.964 bits per heavy atom. The molecule has 0 aliphatic carbocycles. The molecule has 150 valence electrons. The molecule has 5 nitrogen and oxygen atoms in total. The molecule has 0 atom stereocenters. The molecule has 0 aliphatic heterocycles. The summed E-state index contributed by atoms with van der Waals surface area (Å²) in [5, 5.41) is 9.41. The van der Waals surface area contributed by atoms with Crippen LogP contribution in [0.4, 0.5) is 0 Å². The molecule has 2 rings (SSSR count). The van der Waals surface area contributed by atoms with Crippen molar-refractivity contribution >= 4 is 21.4 Å². The lowest BCUT2D eigenvalue weighted by Crippen LogP contribution is -2.40. The van der Waals surface area contributed by atoms with E-state index in [2.05, 4.69) is 4.72 Å². The third kappa shape index (κ3) is 5.61. The Labute approximate surface area is 167 Å². The molecule has 0 radical (unpaired) electrons. The van der Waals surface area contributed by atoms with Crippen molar-refractivity contribution in [2.24, 2.45) is 0 Å². The van der Waals surface area contributed by atoms with E-state index >= 15 is 0 Å². The van der Waals surface area contributed by atoms with Gasteiger partial charge in [-0.05, 0) is 62.9 Å². The van der Waals surface area contributed by atoms with Crippen LogP contribution < -0.4 is 4.72 Å². The number of ketones is 1. The van der Waals surface area contributed by atoms with E-state index in [0.717, 1.165) is 11.1 Å². The summed E-state index contributed by atoms with van der Waals surface area (Å²) in [5.41, 5.74) is 2.19. The Morgan fingerprint density at radius 2 is 1.50 bits per heavy atom. The number of hydrogen-bond acceptors (Lipinski definition) is 4. The van der Waals surface area contributed by atoms with Gasteiger partial charge < -0.3 is 5.11 Å². The summed E-state index contributed by atoms with van der Waals surface area (Å²) in [6.07, 6.45) is 0.227. The van der Waals surface area contributed by atoms with Gasteiger partial charge in [0.05, 0.1) is 4.90 Å². The van der Waals surface area contributed by atoms with Gasteiger partial charge in [0.25, 0.3) is 0 Å². The Bertz CT molecular complexity index is 954. The molecular weight excluding hydrogens is 374 g/mol. The topological polar surface area (TPSA) is 83.5 Å². The predicted octanol–water partition coefficient (Wildman–Crippen LogP) is 3.54. The lowest BCUT2D eigenvalue weighted by Gasteiger charge is -2.20. The Balaban J connectivity index is 2.57. The second kappa shape index (κ2) is 8.82. The maximum absolute atomic E-state index is 12.5. The third-order valence-electron chi connectivity index (χ3n) is 4.04. The second-order valence-corrected chi connectivity index (χ2v) is 9.31. The normalized spacial score (nSPS) is 13.2. The molecule has 0 aromatic heterocycles. The molecule has 0 heterocycles. The zero-order chi connectivity index (χ0) is 20.9. The van der Waals surface area contributed by atoms with Crippen LogP contribution in [0.1, 0.15) is 45.2 Å². The summed E-state index contributed by atoms with van der Waals surface area (Å²) < 4.78 is 27.7. The van der Waals surface area contributed by atoms with Crippen LogP contribution in [0.2, 0.25) is 0 Å². The van der Waals surface area contributed by atoms with Crippen molar-refractivity contribution in [3.63, 3.8) is 0 Å². The van der Waals surface area contributed by atoms with E-state index in [4.69, 9.17) is 0 Å². The number of benzene rings is 2. The molecule has 2 N–H and O–H groups in total. The van der Waals surface area contributed by atoms with Crippen LogP contribution in [0.15, 0.2) is 65.1 Å². The average molecular weight is 402 g/mol. The summed E-state index contributed by atoms with van der Waals surface area (Å²) in [6.45, 7) is 6.67. The smallest absolute Gasteiger partial charge is 0.241 e. The number of sulfonamides is 1. The monoisotopic (exact) mass is 401 g/mol. The molecule has 2 aromatic carbocycles. The van der Waals surface area contributed by atoms with Crippen molar-refractivity contribution in [3.05, 3.63) is 71.3 Å². The van der Waals surface area contributed by atoms with E-state index in [9.17, 15) is 18.3 Å². The maximum Gasteiger partial charge on any atom is 0.241 e. The van der Waals surface area contributed by atoms with Gasteiger partial charge in [0, 0.05) is 17.7 Å². The van der Waals surface area contributed by atoms with Crippen molar-refractivity contribution in [1.29, 1.82) is 0 Å². The van der Waals surface area contributed by atoms with Crippen LogP contribution in [0.5, 0.6) is 0 Å². The Hall–Kier alpha value is -2.28. The van der Waals surface area contributed by atoms with Gasteiger partial charge in [0.1, 0.15) is 0 Å². The second-order valence-electron chi connectivity index (χ2n) is 7.63. The number of Topliss-reactive ketones (excluding diaryl/α,β-unsaturated/α-hetero) is 1. The molecule has 28 heavy (non-hydrogen) atoms. The van der Waals surface area contributed by atoms with Gasteiger partial charge in [-0.1, -0.05) is 42.5 Å². The van der Waals surface area contributed by atoms with Gasteiger partial charge in [-0.15, -0.1) is 0 Å². The van der Waals surface area contributed by atoms with E-state index in [1.54, 1.807) is 32.9 Å². The lowest BCUT2D eigenvalue weighted by molar-refractivity contribution is -0.113. The minimum absolute atomic E-state index is 0.126. The number of aliphatic hydroxyl groups excluding tert-OH is 1. The van der Waals surface area contributed by atoms with Crippen molar-refractivity contribution in [3.8, 4) is 0 Å². The van der Waals surface area contributed by atoms with E-state index in [1.807, 2.05) is 30.3 Å². The number of hydrogen-bond donors (Lipinski definition) is 2.